The second-order valence-corrected chi connectivity index (χ2v) is 10.2. The Balaban J connectivity index is 1.35. The minimum absolute atomic E-state index is 0.261. The van der Waals surface area contributed by atoms with Crippen LogP contribution in [0.4, 0.5) is 5.69 Å². The maximum atomic E-state index is 12.9. The Morgan fingerprint density at radius 3 is 2.45 bits per heavy atom. The van der Waals surface area contributed by atoms with Gasteiger partial charge in [-0.25, -0.2) is 0 Å². The molecule has 0 aromatic heterocycles. The molecule has 4 aliphatic rings. The average molecular weight is 429 g/mol. The third-order valence-corrected chi connectivity index (χ3v) is 6.91. The first-order valence-corrected chi connectivity index (χ1v) is 11.2. The lowest BCUT2D eigenvalue weighted by Crippen LogP contribution is -2.58. The third kappa shape index (κ3) is 4.61. The van der Waals surface area contributed by atoms with Crippen molar-refractivity contribution in [2.45, 2.75) is 58.0 Å². The smallest absolute Gasteiger partial charge is 0.312 e. The number of anilines is 1. The lowest BCUT2D eigenvalue weighted by atomic mass is 9.48. The molecule has 0 saturated heterocycles. The molecular formula is C24H32N2O5. The van der Waals surface area contributed by atoms with Gasteiger partial charge in [-0.2, -0.15) is 0 Å². The topological polar surface area (TPSA) is 105 Å². The van der Waals surface area contributed by atoms with E-state index in [1.807, 2.05) is 13.8 Å². The van der Waals surface area contributed by atoms with Crippen molar-refractivity contribution in [3.8, 4) is 0 Å². The largest absolute Gasteiger partial charge is 0.455 e. The van der Waals surface area contributed by atoms with E-state index in [-0.39, 0.29) is 11.9 Å². The second-order valence-electron chi connectivity index (χ2n) is 10.2. The molecule has 168 valence electrons. The summed E-state index contributed by atoms with van der Waals surface area (Å²) < 4.78 is 5.42. The van der Waals surface area contributed by atoms with Gasteiger partial charge in [0, 0.05) is 6.54 Å². The van der Waals surface area contributed by atoms with E-state index in [1.165, 1.54) is 0 Å². The monoisotopic (exact) mass is 428 g/mol. The Hall–Kier alpha value is -2.41. The van der Waals surface area contributed by atoms with E-state index in [1.54, 1.807) is 24.3 Å². The Morgan fingerprint density at radius 1 is 1.13 bits per heavy atom. The number of esters is 1. The summed E-state index contributed by atoms with van der Waals surface area (Å²) in [6.07, 6.45) is 4.54. The number of nitrogens with one attached hydrogen (secondary N) is 2. The normalized spacial score (nSPS) is 30.8. The molecule has 31 heavy (non-hydrogen) atoms. The molecule has 7 heteroatoms. The number of carbonyl (C=O) groups excluding carboxylic acids is 3. The highest BCUT2D eigenvalue weighted by Gasteiger charge is 2.60. The van der Waals surface area contributed by atoms with Crippen LogP contribution in [0.5, 0.6) is 0 Å². The molecule has 1 aromatic rings. The molecule has 2 amide bonds. The zero-order chi connectivity index (χ0) is 22.2. The van der Waals surface area contributed by atoms with Crippen molar-refractivity contribution >= 4 is 23.5 Å². The van der Waals surface area contributed by atoms with Crippen molar-refractivity contribution in [3.05, 3.63) is 29.8 Å². The quantitative estimate of drug-likeness (QED) is 0.579. The summed E-state index contributed by atoms with van der Waals surface area (Å²) in [4.78, 5) is 37.9. The molecule has 4 bridgehead atoms. The first-order chi connectivity index (χ1) is 14.7. The summed E-state index contributed by atoms with van der Waals surface area (Å²) in [5.41, 5.74) is -0.665. The van der Waals surface area contributed by atoms with Crippen LogP contribution in [-0.4, -0.2) is 41.6 Å². The van der Waals surface area contributed by atoms with Gasteiger partial charge >= 0.3 is 5.97 Å². The van der Waals surface area contributed by atoms with Gasteiger partial charge in [0.1, 0.15) is 0 Å². The van der Waals surface area contributed by atoms with Crippen molar-refractivity contribution in [1.29, 1.82) is 0 Å². The molecule has 4 aliphatic carbocycles. The van der Waals surface area contributed by atoms with Crippen molar-refractivity contribution in [3.63, 3.8) is 0 Å². The summed E-state index contributed by atoms with van der Waals surface area (Å²) in [5.74, 6) is -0.0806. The molecule has 1 aromatic carbocycles. The third-order valence-electron chi connectivity index (χ3n) is 6.91. The van der Waals surface area contributed by atoms with Gasteiger partial charge in [0.15, 0.2) is 6.61 Å². The van der Waals surface area contributed by atoms with Crippen LogP contribution in [0.2, 0.25) is 0 Å². The lowest BCUT2D eigenvalue weighted by molar-refractivity contribution is -0.196. The van der Waals surface area contributed by atoms with E-state index in [0.717, 1.165) is 32.1 Å². The molecule has 0 aliphatic heterocycles. The summed E-state index contributed by atoms with van der Waals surface area (Å²) in [7, 11) is 0. The van der Waals surface area contributed by atoms with Gasteiger partial charge in [-0.3, -0.25) is 14.4 Å². The second kappa shape index (κ2) is 8.26. The van der Waals surface area contributed by atoms with Crippen LogP contribution < -0.4 is 10.6 Å². The fourth-order valence-electron chi connectivity index (χ4n) is 6.11. The number of carbonyl (C=O) groups is 3. The van der Waals surface area contributed by atoms with Crippen LogP contribution in [0.3, 0.4) is 0 Å². The van der Waals surface area contributed by atoms with Crippen LogP contribution >= 0.6 is 0 Å². The number of hydrogen-bond acceptors (Lipinski definition) is 5. The predicted octanol–water partition coefficient (Wildman–Crippen LogP) is 2.89. The SMILES string of the molecule is CC(C)CNC(=O)c1ccccc1NC(=O)COC(=O)C12C[C@@H]3C[C@@H](CC(O)(C3)C1)C2. The number of amides is 2. The highest BCUT2D eigenvalue weighted by atomic mass is 16.5. The van der Waals surface area contributed by atoms with E-state index in [4.69, 9.17) is 4.74 Å². The standard InChI is InChI=1S/C24H32N2O5/c1-15(2)12-25-21(28)18-5-3-4-6-19(18)26-20(27)13-31-22(29)23-8-16-7-17(9-23)11-24(30,10-16)14-23/h3-6,15-17,30H,7-14H2,1-2H3,(H,25,28)(H,26,27)/t16-,17+,23?,24?. The minimum Gasteiger partial charge on any atom is -0.455 e. The molecule has 3 N–H and O–H groups in total. The Labute approximate surface area is 182 Å². The van der Waals surface area contributed by atoms with E-state index in [9.17, 15) is 19.5 Å². The molecule has 0 radical (unpaired) electrons. The molecule has 4 saturated carbocycles. The van der Waals surface area contributed by atoms with Crippen LogP contribution in [0.25, 0.3) is 0 Å². The van der Waals surface area contributed by atoms with Crippen LogP contribution in [0, 0.1) is 23.2 Å². The zero-order valence-electron chi connectivity index (χ0n) is 18.3. The van der Waals surface area contributed by atoms with Gasteiger partial charge in [-0.15, -0.1) is 0 Å². The molecule has 0 heterocycles. The van der Waals surface area contributed by atoms with Gasteiger partial charge in [0.25, 0.3) is 11.8 Å². The molecule has 7 nitrogen and oxygen atoms in total. The van der Waals surface area contributed by atoms with Crippen molar-refractivity contribution in [1.82, 2.24) is 5.32 Å². The van der Waals surface area contributed by atoms with E-state index in [0.29, 0.717) is 42.0 Å². The maximum Gasteiger partial charge on any atom is 0.312 e. The van der Waals surface area contributed by atoms with Crippen LogP contribution in [0.15, 0.2) is 24.3 Å². The molecular weight excluding hydrogens is 396 g/mol. The molecule has 4 fully saturated rings. The van der Waals surface area contributed by atoms with Crippen LogP contribution in [0.1, 0.15) is 62.7 Å². The number of hydrogen-bond donors (Lipinski definition) is 3. The van der Waals surface area contributed by atoms with Crippen LogP contribution in [-0.2, 0) is 14.3 Å². The summed E-state index contributed by atoms with van der Waals surface area (Å²) in [5, 5.41) is 16.4. The molecule has 0 spiro atoms. The average Bonchev–Trinajstić information content (AvgIpc) is 2.68. The molecule has 5 rings (SSSR count). The Morgan fingerprint density at radius 2 is 1.81 bits per heavy atom. The summed E-state index contributed by atoms with van der Waals surface area (Å²) in [6, 6.07) is 6.76. The molecule has 2 unspecified atom stereocenters. The first-order valence-electron chi connectivity index (χ1n) is 11.2. The number of rotatable bonds is 7. The van der Waals surface area contributed by atoms with Crippen molar-refractivity contribution < 1.29 is 24.2 Å². The van der Waals surface area contributed by atoms with Gasteiger partial charge in [0.2, 0.25) is 0 Å². The summed E-state index contributed by atoms with van der Waals surface area (Å²) in [6.45, 7) is 4.14. The number of aliphatic hydroxyl groups is 1. The first kappa shape index (κ1) is 21.8. The summed E-state index contributed by atoms with van der Waals surface area (Å²) >= 11 is 0. The van der Waals surface area contributed by atoms with E-state index in [2.05, 4.69) is 10.6 Å². The number of para-hydroxylation sites is 1. The van der Waals surface area contributed by atoms with Crippen molar-refractivity contribution in [2.24, 2.45) is 23.2 Å². The fourth-order valence-corrected chi connectivity index (χ4v) is 6.11. The van der Waals surface area contributed by atoms with Gasteiger partial charge in [-0.1, -0.05) is 26.0 Å². The van der Waals surface area contributed by atoms with Gasteiger partial charge in [-0.05, 0) is 68.4 Å². The zero-order valence-corrected chi connectivity index (χ0v) is 18.3. The number of benzene rings is 1. The molecule has 4 atom stereocenters. The fraction of sp³-hybridized carbons (Fsp3) is 0.625. The van der Waals surface area contributed by atoms with Crippen molar-refractivity contribution in [2.75, 3.05) is 18.5 Å². The Bertz CT molecular complexity index is 866. The van der Waals surface area contributed by atoms with Gasteiger partial charge < -0.3 is 20.5 Å². The number of ether oxygens (including phenoxy) is 1. The van der Waals surface area contributed by atoms with Gasteiger partial charge in [0.05, 0.1) is 22.3 Å². The highest BCUT2D eigenvalue weighted by molar-refractivity contribution is 6.04. The Kier molecular flexibility index (Phi) is 5.81. The van der Waals surface area contributed by atoms with E-state index >= 15 is 0 Å². The minimum atomic E-state index is -0.756. The lowest BCUT2D eigenvalue weighted by Gasteiger charge is -2.58. The predicted molar refractivity (Wildman–Crippen MR) is 115 cm³/mol. The maximum absolute atomic E-state index is 12.9. The highest BCUT2D eigenvalue weighted by Crippen LogP contribution is 2.61. The van der Waals surface area contributed by atoms with E-state index < -0.39 is 23.5 Å².